The lowest BCUT2D eigenvalue weighted by Gasteiger charge is -2.29. The molecule has 2 atom stereocenters. The van der Waals surface area contributed by atoms with Crippen LogP contribution in [0.4, 0.5) is 0 Å². The SMILES string of the molecule is COc1cccc(C(CN2CC(O)CC2=O)N(C)C)c1. The van der Waals surface area contributed by atoms with Gasteiger partial charge in [0.2, 0.25) is 5.91 Å². The molecule has 110 valence electrons. The van der Waals surface area contributed by atoms with Gasteiger partial charge in [-0.15, -0.1) is 0 Å². The molecule has 1 aromatic rings. The molecular weight excluding hydrogens is 256 g/mol. The van der Waals surface area contributed by atoms with Crippen molar-refractivity contribution in [3.05, 3.63) is 29.8 Å². The van der Waals surface area contributed by atoms with Gasteiger partial charge in [0.25, 0.3) is 0 Å². The number of hydrogen-bond acceptors (Lipinski definition) is 4. The second-order valence-electron chi connectivity index (χ2n) is 5.41. The lowest BCUT2D eigenvalue weighted by Crippen LogP contribution is -2.36. The Labute approximate surface area is 119 Å². The van der Waals surface area contributed by atoms with Crippen LogP contribution in [0.1, 0.15) is 18.0 Å². The van der Waals surface area contributed by atoms with Crippen LogP contribution in [0.2, 0.25) is 0 Å². The third-order valence-electron chi connectivity index (χ3n) is 3.69. The van der Waals surface area contributed by atoms with E-state index in [2.05, 4.69) is 4.90 Å². The maximum Gasteiger partial charge on any atom is 0.225 e. The van der Waals surface area contributed by atoms with Gasteiger partial charge in [-0.2, -0.15) is 0 Å². The summed E-state index contributed by atoms with van der Waals surface area (Å²) in [5, 5.41) is 9.58. The Hall–Kier alpha value is -1.59. The van der Waals surface area contributed by atoms with Crippen molar-refractivity contribution in [1.29, 1.82) is 0 Å². The fourth-order valence-corrected chi connectivity index (χ4v) is 2.55. The number of likely N-dealkylation sites (tertiary alicyclic amines) is 1. The van der Waals surface area contributed by atoms with Gasteiger partial charge < -0.3 is 19.6 Å². The van der Waals surface area contributed by atoms with E-state index in [1.165, 1.54) is 0 Å². The summed E-state index contributed by atoms with van der Waals surface area (Å²) in [5.41, 5.74) is 1.10. The smallest absolute Gasteiger partial charge is 0.225 e. The predicted molar refractivity (Wildman–Crippen MR) is 76.6 cm³/mol. The number of likely N-dealkylation sites (N-methyl/N-ethyl adjacent to an activating group) is 1. The van der Waals surface area contributed by atoms with Gasteiger partial charge in [-0.05, 0) is 31.8 Å². The van der Waals surface area contributed by atoms with E-state index < -0.39 is 6.10 Å². The van der Waals surface area contributed by atoms with E-state index in [4.69, 9.17) is 4.74 Å². The van der Waals surface area contributed by atoms with Crippen molar-refractivity contribution < 1.29 is 14.6 Å². The lowest BCUT2D eigenvalue weighted by molar-refractivity contribution is -0.128. The maximum atomic E-state index is 11.8. The summed E-state index contributed by atoms with van der Waals surface area (Å²) in [6.07, 6.45) is -0.297. The summed E-state index contributed by atoms with van der Waals surface area (Å²) in [6, 6.07) is 7.96. The van der Waals surface area contributed by atoms with Gasteiger partial charge in [0.15, 0.2) is 0 Å². The highest BCUT2D eigenvalue weighted by atomic mass is 16.5. The molecule has 1 aromatic carbocycles. The Morgan fingerprint density at radius 3 is 2.80 bits per heavy atom. The van der Waals surface area contributed by atoms with E-state index in [-0.39, 0.29) is 18.4 Å². The van der Waals surface area contributed by atoms with Crippen molar-refractivity contribution >= 4 is 5.91 Å². The number of amides is 1. The van der Waals surface area contributed by atoms with Crippen molar-refractivity contribution in [3.8, 4) is 5.75 Å². The quantitative estimate of drug-likeness (QED) is 0.869. The zero-order valence-electron chi connectivity index (χ0n) is 12.2. The number of β-amino-alcohol motifs (C(OH)–C–C–N with tert-alkyl or cyclic N) is 1. The molecule has 5 heteroatoms. The molecule has 1 N–H and O–H groups in total. The molecule has 0 saturated carbocycles. The summed E-state index contributed by atoms with van der Waals surface area (Å²) in [4.78, 5) is 15.6. The van der Waals surface area contributed by atoms with Crippen LogP contribution in [-0.2, 0) is 4.79 Å². The number of hydrogen-bond donors (Lipinski definition) is 1. The van der Waals surface area contributed by atoms with E-state index >= 15 is 0 Å². The fraction of sp³-hybridized carbons (Fsp3) is 0.533. The minimum Gasteiger partial charge on any atom is -0.497 e. The van der Waals surface area contributed by atoms with Crippen LogP contribution in [0, 0.1) is 0 Å². The summed E-state index contributed by atoms with van der Waals surface area (Å²) < 4.78 is 5.25. The molecular formula is C15H22N2O3. The first-order valence-electron chi connectivity index (χ1n) is 6.77. The van der Waals surface area contributed by atoms with Crippen LogP contribution in [0.3, 0.4) is 0 Å². The van der Waals surface area contributed by atoms with Gasteiger partial charge in [-0.3, -0.25) is 4.79 Å². The summed E-state index contributed by atoms with van der Waals surface area (Å²) in [5.74, 6) is 0.828. The van der Waals surface area contributed by atoms with E-state index in [0.717, 1.165) is 11.3 Å². The van der Waals surface area contributed by atoms with Gasteiger partial charge in [0.05, 0.1) is 25.7 Å². The summed E-state index contributed by atoms with van der Waals surface area (Å²) in [7, 11) is 5.62. The van der Waals surface area contributed by atoms with Crippen molar-refractivity contribution in [2.24, 2.45) is 0 Å². The Bertz CT molecular complexity index is 476. The zero-order chi connectivity index (χ0) is 14.7. The van der Waals surface area contributed by atoms with E-state index in [9.17, 15) is 9.90 Å². The second-order valence-corrected chi connectivity index (χ2v) is 5.41. The zero-order valence-corrected chi connectivity index (χ0v) is 12.2. The molecule has 0 aromatic heterocycles. The monoisotopic (exact) mass is 278 g/mol. The molecule has 0 radical (unpaired) electrons. The van der Waals surface area contributed by atoms with Gasteiger partial charge in [0, 0.05) is 13.1 Å². The van der Waals surface area contributed by atoms with Crippen LogP contribution in [0.15, 0.2) is 24.3 Å². The predicted octanol–water partition coefficient (Wildman–Crippen LogP) is 0.891. The van der Waals surface area contributed by atoms with E-state index in [1.54, 1.807) is 12.0 Å². The molecule has 1 aliphatic rings. The number of aliphatic hydroxyl groups is 1. The molecule has 2 unspecified atom stereocenters. The molecule has 1 heterocycles. The van der Waals surface area contributed by atoms with Crippen molar-refractivity contribution in [2.45, 2.75) is 18.6 Å². The third kappa shape index (κ3) is 3.29. The van der Waals surface area contributed by atoms with Crippen molar-refractivity contribution in [1.82, 2.24) is 9.80 Å². The topological polar surface area (TPSA) is 53.0 Å². The first-order valence-corrected chi connectivity index (χ1v) is 6.77. The standard InChI is InChI=1S/C15H22N2O3/c1-16(2)14(10-17-9-12(18)8-15(17)19)11-5-4-6-13(7-11)20-3/h4-7,12,14,18H,8-10H2,1-3H3. The van der Waals surface area contributed by atoms with Gasteiger partial charge >= 0.3 is 0 Å². The average Bonchev–Trinajstić information content (AvgIpc) is 2.74. The number of rotatable bonds is 5. The van der Waals surface area contributed by atoms with Crippen LogP contribution >= 0.6 is 0 Å². The molecule has 20 heavy (non-hydrogen) atoms. The molecule has 0 aliphatic carbocycles. The Balaban J connectivity index is 2.16. The normalized spacial score (nSPS) is 20.6. The second kappa shape index (κ2) is 6.24. The molecule has 5 nitrogen and oxygen atoms in total. The number of benzene rings is 1. The number of methoxy groups -OCH3 is 1. The van der Waals surface area contributed by atoms with Crippen molar-refractivity contribution in [2.75, 3.05) is 34.3 Å². The Morgan fingerprint density at radius 2 is 2.25 bits per heavy atom. The highest BCUT2D eigenvalue weighted by Crippen LogP contribution is 2.25. The fourth-order valence-electron chi connectivity index (χ4n) is 2.55. The number of carbonyl (C=O) groups excluding carboxylic acids is 1. The highest BCUT2D eigenvalue weighted by Gasteiger charge is 2.30. The minimum atomic E-state index is -0.532. The third-order valence-corrected chi connectivity index (χ3v) is 3.69. The Morgan fingerprint density at radius 1 is 1.50 bits per heavy atom. The summed E-state index contributed by atoms with van der Waals surface area (Å²) in [6.45, 7) is 1.00. The molecule has 0 spiro atoms. The number of carbonyl (C=O) groups is 1. The van der Waals surface area contributed by atoms with Crippen LogP contribution in [0.5, 0.6) is 5.75 Å². The van der Waals surface area contributed by atoms with Gasteiger partial charge in [-0.1, -0.05) is 12.1 Å². The van der Waals surface area contributed by atoms with Crippen LogP contribution in [0.25, 0.3) is 0 Å². The minimum absolute atomic E-state index is 0.0206. The van der Waals surface area contributed by atoms with E-state index in [0.29, 0.717) is 13.1 Å². The lowest BCUT2D eigenvalue weighted by atomic mass is 10.1. The Kier molecular flexibility index (Phi) is 4.62. The molecule has 1 amide bonds. The molecule has 1 fully saturated rings. The first-order chi connectivity index (χ1) is 9.51. The molecule has 1 saturated heterocycles. The largest absolute Gasteiger partial charge is 0.497 e. The van der Waals surface area contributed by atoms with Gasteiger partial charge in [-0.25, -0.2) is 0 Å². The number of aliphatic hydroxyl groups excluding tert-OH is 1. The van der Waals surface area contributed by atoms with Crippen molar-refractivity contribution in [3.63, 3.8) is 0 Å². The van der Waals surface area contributed by atoms with E-state index in [1.807, 2.05) is 38.4 Å². The first kappa shape index (κ1) is 14.8. The summed E-state index contributed by atoms with van der Waals surface area (Å²) >= 11 is 0. The number of nitrogens with zero attached hydrogens (tertiary/aromatic N) is 2. The average molecular weight is 278 g/mol. The molecule has 0 bridgehead atoms. The van der Waals surface area contributed by atoms with Gasteiger partial charge in [0.1, 0.15) is 5.75 Å². The molecule has 1 aliphatic heterocycles. The maximum absolute atomic E-state index is 11.8. The highest BCUT2D eigenvalue weighted by molar-refractivity contribution is 5.79. The molecule has 2 rings (SSSR count). The van der Waals surface area contributed by atoms with Crippen LogP contribution in [-0.4, -0.2) is 61.2 Å². The number of ether oxygens (including phenoxy) is 1. The van der Waals surface area contributed by atoms with Crippen LogP contribution < -0.4 is 4.74 Å².